The van der Waals surface area contributed by atoms with Crippen LogP contribution in [0.3, 0.4) is 0 Å². The first kappa shape index (κ1) is 13.8. The molecular formula is C17H13N5S. The van der Waals surface area contributed by atoms with Crippen LogP contribution in [0.4, 0.5) is 0 Å². The van der Waals surface area contributed by atoms with E-state index in [0.717, 1.165) is 22.0 Å². The number of hydrogen-bond acceptors (Lipinski definition) is 5. The highest BCUT2D eigenvalue weighted by atomic mass is 32.1. The SMILES string of the molecule is Cc1ccc(-n2nnnc2-c2csc(-c3ccccc3)n2)cc1. The number of hydrogen-bond donors (Lipinski definition) is 0. The number of nitrogens with zero attached hydrogens (tertiary/aromatic N) is 5. The summed E-state index contributed by atoms with van der Waals surface area (Å²) in [7, 11) is 0. The summed E-state index contributed by atoms with van der Waals surface area (Å²) in [6, 6.07) is 18.2. The van der Waals surface area contributed by atoms with Crippen molar-refractivity contribution in [2.75, 3.05) is 0 Å². The molecule has 4 rings (SSSR count). The average Bonchev–Trinajstić information content (AvgIpc) is 3.25. The Kier molecular flexibility index (Phi) is 3.44. The zero-order valence-corrected chi connectivity index (χ0v) is 13.2. The molecule has 0 amide bonds. The van der Waals surface area contributed by atoms with Gasteiger partial charge in [0.1, 0.15) is 10.7 Å². The molecule has 0 saturated heterocycles. The van der Waals surface area contributed by atoms with Crippen molar-refractivity contribution >= 4 is 11.3 Å². The van der Waals surface area contributed by atoms with Crippen LogP contribution in [-0.4, -0.2) is 25.2 Å². The summed E-state index contributed by atoms with van der Waals surface area (Å²) in [6.45, 7) is 2.05. The maximum absolute atomic E-state index is 4.68. The van der Waals surface area contributed by atoms with Crippen LogP contribution < -0.4 is 0 Å². The molecule has 23 heavy (non-hydrogen) atoms. The summed E-state index contributed by atoms with van der Waals surface area (Å²) < 4.78 is 1.71. The van der Waals surface area contributed by atoms with Crippen LogP contribution in [0.15, 0.2) is 60.0 Å². The number of thiazole rings is 1. The first-order chi connectivity index (χ1) is 11.3. The monoisotopic (exact) mass is 319 g/mol. The molecule has 0 aliphatic heterocycles. The highest BCUT2D eigenvalue weighted by Crippen LogP contribution is 2.28. The minimum atomic E-state index is 0.646. The molecule has 0 saturated carbocycles. The number of tetrazole rings is 1. The lowest BCUT2D eigenvalue weighted by atomic mass is 10.2. The van der Waals surface area contributed by atoms with E-state index in [1.165, 1.54) is 5.56 Å². The molecule has 0 radical (unpaired) electrons. The van der Waals surface area contributed by atoms with Gasteiger partial charge >= 0.3 is 0 Å². The molecule has 2 aromatic heterocycles. The van der Waals surface area contributed by atoms with Crippen molar-refractivity contribution in [1.82, 2.24) is 25.2 Å². The lowest BCUT2D eigenvalue weighted by molar-refractivity contribution is 0.790. The van der Waals surface area contributed by atoms with Crippen LogP contribution in [0.5, 0.6) is 0 Å². The predicted molar refractivity (Wildman–Crippen MR) is 90.4 cm³/mol. The molecule has 112 valence electrons. The Balaban J connectivity index is 1.74. The molecule has 0 aliphatic carbocycles. The first-order valence-corrected chi connectivity index (χ1v) is 8.06. The molecule has 0 aliphatic rings. The Hall–Kier alpha value is -2.86. The number of aryl methyl sites for hydroxylation is 1. The quantitative estimate of drug-likeness (QED) is 0.577. The number of rotatable bonds is 3. The number of benzene rings is 2. The second-order valence-electron chi connectivity index (χ2n) is 5.15. The Morgan fingerprint density at radius 1 is 0.957 bits per heavy atom. The normalized spacial score (nSPS) is 10.8. The highest BCUT2D eigenvalue weighted by molar-refractivity contribution is 7.13. The van der Waals surface area contributed by atoms with Crippen LogP contribution in [0, 0.1) is 6.92 Å². The Bertz CT molecular complexity index is 925. The van der Waals surface area contributed by atoms with Gasteiger partial charge in [-0.05, 0) is 29.5 Å². The average molecular weight is 319 g/mol. The summed E-state index contributed by atoms with van der Waals surface area (Å²) in [5.41, 5.74) is 3.99. The smallest absolute Gasteiger partial charge is 0.206 e. The summed E-state index contributed by atoms with van der Waals surface area (Å²) in [4.78, 5) is 4.68. The van der Waals surface area contributed by atoms with E-state index in [4.69, 9.17) is 0 Å². The van der Waals surface area contributed by atoms with Crippen LogP contribution in [-0.2, 0) is 0 Å². The van der Waals surface area contributed by atoms with Crippen molar-refractivity contribution in [2.45, 2.75) is 6.92 Å². The second kappa shape index (κ2) is 5.73. The van der Waals surface area contributed by atoms with Gasteiger partial charge in [-0.25, -0.2) is 4.98 Å². The standard InChI is InChI=1S/C17H13N5S/c1-12-7-9-14(10-8-12)22-16(19-20-21-22)15-11-23-17(18-15)13-5-3-2-4-6-13/h2-11H,1H3. The molecule has 4 aromatic rings. The summed E-state index contributed by atoms with van der Waals surface area (Å²) >= 11 is 1.59. The van der Waals surface area contributed by atoms with E-state index >= 15 is 0 Å². The Morgan fingerprint density at radius 3 is 2.52 bits per heavy atom. The fourth-order valence-electron chi connectivity index (χ4n) is 2.30. The van der Waals surface area contributed by atoms with Gasteiger partial charge in [0, 0.05) is 10.9 Å². The van der Waals surface area contributed by atoms with Gasteiger partial charge in [-0.15, -0.1) is 16.4 Å². The van der Waals surface area contributed by atoms with E-state index in [-0.39, 0.29) is 0 Å². The molecule has 0 unspecified atom stereocenters. The lowest BCUT2D eigenvalue weighted by Crippen LogP contribution is -1.99. The fraction of sp³-hybridized carbons (Fsp3) is 0.0588. The minimum absolute atomic E-state index is 0.646. The molecular weight excluding hydrogens is 306 g/mol. The van der Waals surface area contributed by atoms with Crippen molar-refractivity contribution in [3.63, 3.8) is 0 Å². The van der Waals surface area contributed by atoms with Gasteiger partial charge in [0.2, 0.25) is 5.82 Å². The second-order valence-corrected chi connectivity index (χ2v) is 6.01. The van der Waals surface area contributed by atoms with Gasteiger partial charge in [0.05, 0.1) is 5.69 Å². The molecule has 0 spiro atoms. The molecule has 0 bridgehead atoms. The molecule has 6 heteroatoms. The van der Waals surface area contributed by atoms with Crippen LogP contribution in [0.25, 0.3) is 27.8 Å². The van der Waals surface area contributed by atoms with E-state index in [0.29, 0.717) is 5.82 Å². The Labute approximate surface area is 137 Å². The molecule has 5 nitrogen and oxygen atoms in total. The third-order valence-corrected chi connectivity index (χ3v) is 4.39. The minimum Gasteiger partial charge on any atom is -0.233 e. The van der Waals surface area contributed by atoms with Gasteiger partial charge in [-0.1, -0.05) is 48.0 Å². The molecule has 0 atom stereocenters. The van der Waals surface area contributed by atoms with Gasteiger partial charge in [-0.3, -0.25) is 0 Å². The summed E-state index contributed by atoms with van der Waals surface area (Å²) in [5, 5.41) is 15.0. The summed E-state index contributed by atoms with van der Waals surface area (Å²) in [5.74, 6) is 0.646. The highest BCUT2D eigenvalue weighted by Gasteiger charge is 2.14. The maximum atomic E-state index is 4.68. The van der Waals surface area contributed by atoms with E-state index in [9.17, 15) is 0 Å². The fourth-order valence-corrected chi connectivity index (χ4v) is 3.10. The van der Waals surface area contributed by atoms with Crippen molar-refractivity contribution in [3.05, 3.63) is 65.5 Å². The molecule has 0 N–H and O–H groups in total. The molecule has 0 fully saturated rings. The zero-order chi connectivity index (χ0) is 15.6. The van der Waals surface area contributed by atoms with Gasteiger partial charge in [-0.2, -0.15) is 4.68 Å². The number of aromatic nitrogens is 5. The van der Waals surface area contributed by atoms with Gasteiger partial charge in [0.15, 0.2) is 0 Å². The topological polar surface area (TPSA) is 56.5 Å². The largest absolute Gasteiger partial charge is 0.233 e. The van der Waals surface area contributed by atoms with Crippen molar-refractivity contribution in [2.24, 2.45) is 0 Å². The van der Waals surface area contributed by atoms with E-state index < -0.39 is 0 Å². The van der Waals surface area contributed by atoms with E-state index in [1.54, 1.807) is 16.0 Å². The van der Waals surface area contributed by atoms with Crippen LogP contribution in [0.1, 0.15) is 5.56 Å². The lowest BCUT2D eigenvalue weighted by Gasteiger charge is -2.03. The zero-order valence-electron chi connectivity index (χ0n) is 12.4. The van der Waals surface area contributed by atoms with Crippen molar-refractivity contribution in [3.8, 4) is 27.8 Å². The van der Waals surface area contributed by atoms with Gasteiger partial charge < -0.3 is 0 Å². The maximum Gasteiger partial charge on any atom is 0.206 e. The summed E-state index contributed by atoms with van der Waals surface area (Å²) in [6.07, 6.45) is 0. The Morgan fingerprint density at radius 2 is 1.74 bits per heavy atom. The van der Waals surface area contributed by atoms with Crippen LogP contribution >= 0.6 is 11.3 Å². The predicted octanol–water partition coefficient (Wildman–Crippen LogP) is 3.76. The third-order valence-electron chi connectivity index (χ3n) is 3.50. The molecule has 2 heterocycles. The van der Waals surface area contributed by atoms with Crippen molar-refractivity contribution in [1.29, 1.82) is 0 Å². The van der Waals surface area contributed by atoms with E-state index in [1.807, 2.05) is 60.0 Å². The third kappa shape index (κ3) is 2.64. The van der Waals surface area contributed by atoms with Crippen LogP contribution in [0.2, 0.25) is 0 Å². The van der Waals surface area contributed by atoms with Gasteiger partial charge in [0.25, 0.3) is 0 Å². The van der Waals surface area contributed by atoms with E-state index in [2.05, 4.69) is 27.4 Å². The molecule has 2 aromatic carbocycles. The van der Waals surface area contributed by atoms with Crippen molar-refractivity contribution < 1.29 is 0 Å². The first-order valence-electron chi connectivity index (χ1n) is 7.18.